The van der Waals surface area contributed by atoms with Crippen molar-refractivity contribution in [1.29, 1.82) is 0 Å². The Labute approximate surface area is 124 Å². The molecule has 6 nitrogen and oxygen atoms in total. The van der Waals surface area contributed by atoms with Crippen molar-refractivity contribution in [3.8, 4) is 11.5 Å². The maximum absolute atomic E-state index is 5.68. The molecule has 0 saturated carbocycles. The smallest absolute Gasteiger partial charge is 0.253 e. The van der Waals surface area contributed by atoms with Crippen LogP contribution in [0.1, 0.15) is 37.2 Å². The Morgan fingerprint density at radius 3 is 2.71 bits per heavy atom. The van der Waals surface area contributed by atoms with Gasteiger partial charge < -0.3 is 19.2 Å². The second-order valence-electron chi connectivity index (χ2n) is 4.69. The molecule has 0 radical (unpaired) electrons. The Balaban J connectivity index is 2.08. The lowest BCUT2D eigenvalue weighted by Crippen LogP contribution is -2.17. The molecule has 21 heavy (non-hydrogen) atoms. The van der Waals surface area contributed by atoms with Gasteiger partial charge >= 0.3 is 0 Å². The molecule has 2 rings (SSSR count). The van der Waals surface area contributed by atoms with E-state index in [0.29, 0.717) is 23.3 Å². The SMILES string of the molecule is CCNC(C)c1ccc(OCc2nnc(C)o2)c(OC)c1. The predicted octanol–water partition coefficient (Wildman–Crippen LogP) is 2.64. The zero-order chi connectivity index (χ0) is 15.2. The van der Waals surface area contributed by atoms with Crippen molar-refractivity contribution in [2.45, 2.75) is 33.4 Å². The number of benzene rings is 1. The molecule has 0 bridgehead atoms. The van der Waals surface area contributed by atoms with Crippen LogP contribution < -0.4 is 14.8 Å². The van der Waals surface area contributed by atoms with Crippen molar-refractivity contribution >= 4 is 0 Å². The number of rotatable bonds is 7. The topological polar surface area (TPSA) is 69.4 Å². The third-order valence-electron chi connectivity index (χ3n) is 3.12. The summed E-state index contributed by atoms with van der Waals surface area (Å²) in [6.45, 7) is 7.07. The highest BCUT2D eigenvalue weighted by atomic mass is 16.5. The van der Waals surface area contributed by atoms with Crippen molar-refractivity contribution in [2.75, 3.05) is 13.7 Å². The summed E-state index contributed by atoms with van der Waals surface area (Å²) in [5.74, 6) is 2.31. The largest absolute Gasteiger partial charge is 0.493 e. The fourth-order valence-corrected chi connectivity index (χ4v) is 2.03. The van der Waals surface area contributed by atoms with Crippen molar-refractivity contribution in [3.05, 3.63) is 35.5 Å². The number of nitrogens with one attached hydrogen (secondary N) is 1. The van der Waals surface area contributed by atoms with Crippen molar-refractivity contribution in [1.82, 2.24) is 15.5 Å². The number of aromatic nitrogens is 2. The van der Waals surface area contributed by atoms with E-state index in [4.69, 9.17) is 13.9 Å². The first-order chi connectivity index (χ1) is 10.1. The molecule has 0 fully saturated rings. The lowest BCUT2D eigenvalue weighted by Gasteiger charge is -2.16. The molecule has 114 valence electrons. The van der Waals surface area contributed by atoms with Gasteiger partial charge in [0, 0.05) is 13.0 Å². The summed E-state index contributed by atoms with van der Waals surface area (Å²) in [7, 11) is 1.63. The zero-order valence-corrected chi connectivity index (χ0v) is 12.8. The summed E-state index contributed by atoms with van der Waals surface area (Å²) in [5.41, 5.74) is 1.15. The van der Waals surface area contributed by atoms with Crippen molar-refractivity contribution < 1.29 is 13.9 Å². The molecule has 0 amide bonds. The number of aryl methyl sites for hydroxylation is 1. The summed E-state index contributed by atoms with van der Waals surface area (Å²) in [4.78, 5) is 0. The highest BCUT2D eigenvalue weighted by molar-refractivity contribution is 5.43. The first kappa shape index (κ1) is 15.3. The minimum absolute atomic E-state index is 0.222. The van der Waals surface area contributed by atoms with Crippen LogP contribution in [-0.4, -0.2) is 23.9 Å². The second kappa shape index (κ2) is 7.08. The highest BCUT2D eigenvalue weighted by Crippen LogP contribution is 2.30. The van der Waals surface area contributed by atoms with E-state index in [1.165, 1.54) is 0 Å². The van der Waals surface area contributed by atoms with Crippen LogP contribution in [0.15, 0.2) is 22.6 Å². The van der Waals surface area contributed by atoms with E-state index in [9.17, 15) is 0 Å². The average Bonchev–Trinajstić information content (AvgIpc) is 2.90. The van der Waals surface area contributed by atoms with Crippen LogP contribution in [-0.2, 0) is 6.61 Å². The average molecular weight is 291 g/mol. The van der Waals surface area contributed by atoms with E-state index in [1.807, 2.05) is 18.2 Å². The summed E-state index contributed by atoms with van der Waals surface area (Å²) in [6, 6.07) is 6.15. The number of hydrogen-bond donors (Lipinski definition) is 1. The quantitative estimate of drug-likeness (QED) is 0.845. The second-order valence-corrected chi connectivity index (χ2v) is 4.69. The molecule has 0 saturated heterocycles. The molecule has 0 aliphatic heterocycles. The van der Waals surface area contributed by atoms with E-state index >= 15 is 0 Å². The van der Waals surface area contributed by atoms with E-state index in [0.717, 1.165) is 12.1 Å². The maximum Gasteiger partial charge on any atom is 0.253 e. The minimum atomic E-state index is 0.222. The Hall–Kier alpha value is -2.08. The Morgan fingerprint density at radius 1 is 1.29 bits per heavy atom. The molecule has 1 aromatic heterocycles. The summed E-state index contributed by atoms with van der Waals surface area (Å²) < 4.78 is 16.3. The number of methoxy groups -OCH3 is 1. The molecule has 6 heteroatoms. The van der Waals surface area contributed by atoms with Gasteiger partial charge in [-0.15, -0.1) is 10.2 Å². The highest BCUT2D eigenvalue weighted by Gasteiger charge is 2.11. The van der Waals surface area contributed by atoms with Gasteiger partial charge in [0.15, 0.2) is 18.1 Å². The van der Waals surface area contributed by atoms with Crippen LogP contribution in [0.3, 0.4) is 0 Å². The number of nitrogens with zero attached hydrogens (tertiary/aromatic N) is 2. The molecule has 1 aromatic carbocycles. The number of hydrogen-bond acceptors (Lipinski definition) is 6. The lowest BCUT2D eigenvalue weighted by molar-refractivity contribution is 0.247. The molecule has 0 aliphatic rings. The standard InChI is InChI=1S/C15H21N3O3/c1-5-16-10(2)12-6-7-13(14(8-12)19-4)20-9-15-18-17-11(3)21-15/h6-8,10,16H,5,9H2,1-4H3. The molecule has 1 heterocycles. The first-order valence-electron chi connectivity index (χ1n) is 6.97. The van der Waals surface area contributed by atoms with Crippen LogP contribution in [0, 0.1) is 6.92 Å². The van der Waals surface area contributed by atoms with Gasteiger partial charge in [-0.05, 0) is 31.2 Å². The summed E-state index contributed by atoms with van der Waals surface area (Å²) >= 11 is 0. The monoisotopic (exact) mass is 291 g/mol. The molecule has 1 atom stereocenters. The van der Waals surface area contributed by atoms with Crippen LogP contribution in [0.2, 0.25) is 0 Å². The molecular formula is C15H21N3O3. The summed E-state index contributed by atoms with van der Waals surface area (Å²) in [6.07, 6.45) is 0. The fraction of sp³-hybridized carbons (Fsp3) is 0.467. The van der Waals surface area contributed by atoms with Gasteiger partial charge in [-0.1, -0.05) is 13.0 Å². The van der Waals surface area contributed by atoms with Crippen LogP contribution >= 0.6 is 0 Å². The van der Waals surface area contributed by atoms with Crippen LogP contribution in [0.25, 0.3) is 0 Å². The zero-order valence-electron chi connectivity index (χ0n) is 12.8. The minimum Gasteiger partial charge on any atom is -0.493 e. The molecule has 0 spiro atoms. The van der Waals surface area contributed by atoms with Crippen LogP contribution in [0.5, 0.6) is 11.5 Å². The fourth-order valence-electron chi connectivity index (χ4n) is 2.03. The van der Waals surface area contributed by atoms with Crippen molar-refractivity contribution in [3.63, 3.8) is 0 Å². The molecular weight excluding hydrogens is 270 g/mol. The van der Waals surface area contributed by atoms with Crippen molar-refractivity contribution in [2.24, 2.45) is 0 Å². The van der Waals surface area contributed by atoms with Gasteiger partial charge in [-0.2, -0.15) is 0 Å². The summed E-state index contributed by atoms with van der Waals surface area (Å²) in [5, 5.41) is 11.0. The lowest BCUT2D eigenvalue weighted by atomic mass is 10.1. The van der Waals surface area contributed by atoms with E-state index in [-0.39, 0.29) is 12.6 Å². The maximum atomic E-state index is 5.68. The third-order valence-corrected chi connectivity index (χ3v) is 3.12. The third kappa shape index (κ3) is 3.95. The van der Waals surface area contributed by atoms with Gasteiger partial charge in [0.1, 0.15) is 0 Å². The van der Waals surface area contributed by atoms with E-state index in [1.54, 1.807) is 14.0 Å². The Morgan fingerprint density at radius 2 is 2.10 bits per heavy atom. The molecule has 2 aromatic rings. The van der Waals surface area contributed by atoms with Gasteiger partial charge in [-0.25, -0.2) is 0 Å². The van der Waals surface area contributed by atoms with E-state index in [2.05, 4.69) is 29.4 Å². The molecule has 0 aliphatic carbocycles. The normalized spacial score (nSPS) is 12.2. The Kier molecular flexibility index (Phi) is 5.16. The number of ether oxygens (including phenoxy) is 2. The van der Waals surface area contributed by atoms with Gasteiger partial charge in [-0.3, -0.25) is 0 Å². The molecule has 1 unspecified atom stereocenters. The van der Waals surface area contributed by atoms with E-state index < -0.39 is 0 Å². The van der Waals surface area contributed by atoms with Gasteiger partial charge in [0.05, 0.1) is 7.11 Å². The first-order valence-corrected chi connectivity index (χ1v) is 6.97. The van der Waals surface area contributed by atoms with Crippen LogP contribution in [0.4, 0.5) is 0 Å². The van der Waals surface area contributed by atoms with Gasteiger partial charge in [0.2, 0.25) is 5.89 Å². The predicted molar refractivity (Wildman–Crippen MR) is 78.5 cm³/mol. The Bertz CT molecular complexity index is 583. The van der Waals surface area contributed by atoms with Gasteiger partial charge in [0.25, 0.3) is 5.89 Å². The molecule has 1 N–H and O–H groups in total.